The third-order valence-electron chi connectivity index (χ3n) is 5.46. The Balaban J connectivity index is 1.54. The first-order valence-electron chi connectivity index (χ1n) is 11.1. The fourth-order valence-corrected chi connectivity index (χ4v) is 4.50. The molecular weight excluding hydrogens is 458 g/mol. The van der Waals surface area contributed by atoms with Gasteiger partial charge in [-0.05, 0) is 13.0 Å². The van der Waals surface area contributed by atoms with Crippen LogP contribution in [0.3, 0.4) is 0 Å². The molecule has 3 aromatic rings. The van der Waals surface area contributed by atoms with Crippen LogP contribution in [-0.4, -0.2) is 68.7 Å². The summed E-state index contributed by atoms with van der Waals surface area (Å²) in [4.78, 5) is 35.1. The standard InChI is InChI=1S/C22H27N7O4S/c1-14(2)34-22-25-19(27-9-11-33-12-10-27)17-13-24-28(20(17)26-22)8-7-23-21(30)16-5-4-6-18(15(16)3)29(31)32/h4-6,13-14H,7-12H2,1-3H3,(H,23,30). The predicted molar refractivity (Wildman–Crippen MR) is 130 cm³/mol. The number of carbonyl (C=O) groups excluding carboxylic acids is 1. The maximum atomic E-state index is 12.7. The van der Waals surface area contributed by atoms with Gasteiger partial charge in [-0.1, -0.05) is 31.7 Å². The van der Waals surface area contributed by atoms with E-state index in [9.17, 15) is 14.9 Å². The Bertz CT molecular complexity index is 1210. The SMILES string of the molecule is Cc1c(C(=O)NCCn2ncc3c(N4CCOCC4)nc(SC(C)C)nc32)cccc1[N+](=O)[O-]. The maximum absolute atomic E-state index is 12.7. The van der Waals surface area contributed by atoms with Crippen molar-refractivity contribution in [1.82, 2.24) is 25.1 Å². The van der Waals surface area contributed by atoms with Crippen LogP contribution in [0.15, 0.2) is 29.6 Å². The number of rotatable bonds is 8. The number of nitro benzene ring substituents is 1. The van der Waals surface area contributed by atoms with Gasteiger partial charge in [0.15, 0.2) is 10.8 Å². The molecule has 0 saturated carbocycles. The number of carbonyl (C=O) groups is 1. The van der Waals surface area contributed by atoms with Crippen LogP contribution < -0.4 is 10.2 Å². The topological polar surface area (TPSA) is 128 Å². The van der Waals surface area contributed by atoms with Crippen molar-refractivity contribution in [1.29, 1.82) is 0 Å². The molecule has 0 atom stereocenters. The molecule has 0 aliphatic carbocycles. The van der Waals surface area contributed by atoms with E-state index in [4.69, 9.17) is 14.7 Å². The van der Waals surface area contributed by atoms with Gasteiger partial charge in [-0.25, -0.2) is 14.6 Å². The van der Waals surface area contributed by atoms with Gasteiger partial charge in [0.2, 0.25) is 0 Å². The van der Waals surface area contributed by atoms with Gasteiger partial charge in [-0.15, -0.1) is 0 Å². The summed E-state index contributed by atoms with van der Waals surface area (Å²) in [6.45, 7) is 9.25. The molecule has 4 rings (SSSR count). The van der Waals surface area contributed by atoms with Crippen LogP contribution in [0.2, 0.25) is 0 Å². The molecule has 1 fully saturated rings. The number of benzene rings is 1. The van der Waals surface area contributed by atoms with Crippen LogP contribution in [0.5, 0.6) is 0 Å². The molecule has 2 aromatic heterocycles. The van der Waals surface area contributed by atoms with Crippen molar-refractivity contribution in [2.75, 3.05) is 37.7 Å². The van der Waals surface area contributed by atoms with E-state index in [1.165, 1.54) is 12.1 Å². The zero-order valence-electron chi connectivity index (χ0n) is 19.4. The molecule has 1 aliphatic heterocycles. The minimum atomic E-state index is -0.486. The average Bonchev–Trinajstić information content (AvgIpc) is 3.21. The van der Waals surface area contributed by atoms with Crippen molar-refractivity contribution in [3.8, 4) is 0 Å². The number of thioether (sulfide) groups is 1. The highest BCUT2D eigenvalue weighted by Crippen LogP contribution is 2.29. The van der Waals surface area contributed by atoms with E-state index in [0.717, 1.165) is 24.3 Å². The lowest BCUT2D eigenvalue weighted by molar-refractivity contribution is -0.385. The molecule has 11 nitrogen and oxygen atoms in total. The summed E-state index contributed by atoms with van der Waals surface area (Å²) in [7, 11) is 0. The second-order valence-corrected chi connectivity index (χ2v) is 9.71. The zero-order chi connectivity index (χ0) is 24.2. The fourth-order valence-electron chi connectivity index (χ4n) is 3.80. The minimum Gasteiger partial charge on any atom is -0.378 e. The van der Waals surface area contributed by atoms with E-state index >= 15 is 0 Å². The van der Waals surface area contributed by atoms with Gasteiger partial charge in [-0.2, -0.15) is 5.10 Å². The third-order valence-corrected chi connectivity index (χ3v) is 6.33. The van der Waals surface area contributed by atoms with Crippen LogP contribution in [-0.2, 0) is 11.3 Å². The van der Waals surface area contributed by atoms with Crippen LogP contribution in [0.1, 0.15) is 29.8 Å². The molecule has 0 unspecified atom stereocenters. The number of aromatic nitrogens is 4. The summed E-state index contributed by atoms with van der Waals surface area (Å²) < 4.78 is 7.24. The molecule has 0 spiro atoms. The summed E-state index contributed by atoms with van der Waals surface area (Å²) >= 11 is 1.59. The number of fused-ring (bicyclic) bond motifs is 1. The number of nitro groups is 1. The summed E-state index contributed by atoms with van der Waals surface area (Å²) in [6.07, 6.45) is 1.76. The van der Waals surface area contributed by atoms with Gasteiger partial charge in [0.1, 0.15) is 5.82 Å². The van der Waals surface area contributed by atoms with Gasteiger partial charge in [0.25, 0.3) is 11.6 Å². The smallest absolute Gasteiger partial charge is 0.273 e. The van der Waals surface area contributed by atoms with E-state index in [-0.39, 0.29) is 17.2 Å². The van der Waals surface area contributed by atoms with Crippen LogP contribution in [0.25, 0.3) is 11.0 Å². The van der Waals surface area contributed by atoms with Gasteiger partial charge in [-0.3, -0.25) is 14.9 Å². The number of hydrogen-bond donors (Lipinski definition) is 1. The second-order valence-electron chi connectivity index (χ2n) is 8.16. The summed E-state index contributed by atoms with van der Waals surface area (Å²) in [5, 5.41) is 20.4. The molecule has 34 heavy (non-hydrogen) atoms. The quantitative estimate of drug-likeness (QED) is 0.222. The Morgan fingerprint density at radius 2 is 2.06 bits per heavy atom. The number of amides is 1. The summed E-state index contributed by atoms with van der Waals surface area (Å²) in [5.74, 6) is 0.483. The lowest BCUT2D eigenvalue weighted by atomic mass is 10.1. The normalized spacial score (nSPS) is 14.1. The monoisotopic (exact) mass is 485 g/mol. The zero-order valence-corrected chi connectivity index (χ0v) is 20.2. The summed E-state index contributed by atoms with van der Waals surface area (Å²) in [6, 6.07) is 4.48. The van der Waals surface area contributed by atoms with E-state index in [1.807, 2.05) is 0 Å². The van der Waals surface area contributed by atoms with Crippen molar-refractivity contribution < 1.29 is 14.5 Å². The first kappa shape index (κ1) is 23.9. The number of nitrogens with one attached hydrogen (secondary N) is 1. The fraction of sp³-hybridized carbons (Fsp3) is 0.455. The molecule has 1 saturated heterocycles. The van der Waals surface area contributed by atoms with Gasteiger partial charge in [0.05, 0.1) is 36.3 Å². The summed E-state index contributed by atoms with van der Waals surface area (Å²) in [5.41, 5.74) is 1.26. The van der Waals surface area contributed by atoms with Crippen LogP contribution in [0, 0.1) is 17.0 Å². The Morgan fingerprint density at radius 3 is 2.76 bits per heavy atom. The van der Waals surface area contributed by atoms with Gasteiger partial charge >= 0.3 is 0 Å². The van der Waals surface area contributed by atoms with Gasteiger partial charge < -0.3 is 15.0 Å². The van der Waals surface area contributed by atoms with Crippen LogP contribution in [0.4, 0.5) is 11.5 Å². The molecule has 1 aliphatic rings. The first-order chi connectivity index (χ1) is 16.3. The van der Waals surface area contributed by atoms with Crippen molar-refractivity contribution in [2.45, 2.75) is 37.7 Å². The van der Waals surface area contributed by atoms with Crippen molar-refractivity contribution in [2.24, 2.45) is 0 Å². The van der Waals surface area contributed by atoms with Crippen molar-refractivity contribution >= 4 is 40.2 Å². The molecular formula is C22H27N7O4S. The number of hydrogen-bond acceptors (Lipinski definition) is 9. The molecule has 1 N–H and O–H groups in total. The number of morpholine rings is 1. The Morgan fingerprint density at radius 1 is 1.29 bits per heavy atom. The van der Waals surface area contributed by atoms with E-state index < -0.39 is 4.92 Å². The van der Waals surface area contributed by atoms with Crippen molar-refractivity contribution in [3.05, 3.63) is 45.6 Å². The molecule has 12 heteroatoms. The van der Waals surface area contributed by atoms with E-state index in [1.54, 1.807) is 35.6 Å². The van der Waals surface area contributed by atoms with Gasteiger partial charge in [0, 0.05) is 42.1 Å². The lowest BCUT2D eigenvalue weighted by Crippen LogP contribution is -2.37. The average molecular weight is 486 g/mol. The Labute approximate surface area is 201 Å². The number of nitrogens with zero attached hydrogens (tertiary/aromatic N) is 6. The minimum absolute atomic E-state index is 0.0757. The van der Waals surface area contributed by atoms with Crippen LogP contribution >= 0.6 is 11.8 Å². The molecule has 180 valence electrons. The molecule has 1 aromatic carbocycles. The predicted octanol–water partition coefficient (Wildman–Crippen LogP) is 2.81. The maximum Gasteiger partial charge on any atom is 0.273 e. The number of ether oxygens (including phenoxy) is 1. The third kappa shape index (κ3) is 5.12. The number of anilines is 1. The first-order valence-corrected chi connectivity index (χ1v) is 12.0. The molecule has 0 bridgehead atoms. The molecule has 3 heterocycles. The molecule has 0 radical (unpaired) electrons. The lowest BCUT2D eigenvalue weighted by Gasteiger charge is -2.28. The van der Waals surface area contributed by atoms with E-state index in [0.29, 0.717) is 47.9 Å². The van der Waals surface area contributed by atoms with Crippen molar-refractivity contribution in [3.63, 3.8) is 0 Å². The highest BCUT2D eigenvalue weighted by atomic mass is 32.2. The Kier molecular flexibility index (Phi) is 7.27. The highest BCUT2D eigenvalue weighted by molar-refractivity contribution is 7.99. The van der Waals surface area contributed by atoms with E-state index in [2.05, 4.69) is 29.2 Å². The second kappa shape index (κ2) is 10.3. The molecule has 1 amide bonds. The Hall–Kier alpha value is -3.25. The highest BCUT2D eigenvalue weighted by Gasteiger charge is 2.21. The largest absolute Gasteiger partial charge is 0.378 e.